The molecule has 0 N–H and O–H groups in total. The van der Waals surface area contributed by atoms with Crippen molar-refractivity contribution in [2.24, 2.45) is 5.92 Å². The highest BCUT2D eigenvalue weighted by molar-refractivity contribution is 5.39. The molecular formula is C16H20F3N. The maximum atomic E-state index is 12.6. The molecule has 0 bridgehead atoms. The van der Waals surface area contributed by atoms with E-state index in [9.17, 15) is 13.2 Å². The Morgan fingerprint density at radius 3 is 2.50 bits per heavy atom. The van der Waals surface area contributed by atoms with Gasteiger partial charge in [-0.1, -0.05) is 19.1 Å². The highest BCUT2D eigenvalue weighted by Gasteiger charge is 2.60. The maximum absolute atomic E-state index is 12.6. The Morgan fingerprint density at radius 2 is 1.95 bits per heavy atom. The van der Waals surface area contributed by atoms with Crippen LogP contribution in [0.25, 0.3) is 0 Å². The largest absolute Gasteiger partial charge is 0.416 e. The second kappa shape index (κ2) is 4.48. The monoisotopic (exact) mass is 283 g/mol. The van der Waals surface area contributed by atoms with E-state index in [0.717, 1.165) is 31.5 Å². The van der Waals surface area contributed by atoms with Crippen LogP contribution in [0, 0.1) is 5.92 Å². The van der Waals surface area contributed by atoms with Crippen molar-refractivity contribution in [3.8, 4) is 0 Å². The number of benzene rings is 1. The van der Waals surface area contributed by atoms with Gasteiger partial charge >= 0.3 is 6.18 Å². The molecule has 1 saturated carbocycles. The van der Waals surface area contributed by atoms with Crippen LogP contribution >= 0.6 is 0 Å². The molecule has 0 amide bonds. The van der Waals surface area contributed by atoms with Crippen molar-refractivity contribution >= 4 is 0 Å². The van der Waals surface area contributed by atoms with Crippen LogP contribution in [-0.4, -0.2) is 24.0 Å². The Hall–Kier alpha value is -1.03. The van der Waals surface area contributed by atoms with E-state index in [-0.39, 0.29) is 5.41 Å². The van der Waals surface area contributed by atoms with Crippen LogP contribution in [0.15, 0.2) is 24.3 Å². The van der Waals surface area contributed by atoms with Gasteiger partial charge in [0.2, 0.25) is 0 Å². The Kier molecular flexibility index (Phi) is 3.12. The molecule has 0 aromatic heterocycles. The van der Waals surface area contributed by atoms with Crippen LogP contribution in [0.5, 0.6) is 0 Å². The SMILES string of the molecule is CCC(C)N1CC2CC2(c2ccc(C(F)(F)F)cc2)C1. The molecule has 1 aromatic carbocycles. The summed E-state index contributed by atoms with van der Waals surface area (Å²) >= 11 is 0. The van der Waals surface area contributed by atoms with Crippen molar-refractivity contribution in [1.82, 2.24) is 4.90 Å². The summed E-state index contributed by atoms with van der Waals surface area (Å²) in [5, 5.41) is 0. The lowest BCUT2D eigenvalue weighted by atomic mass is 9.94. The highest BCUT2D eigenvalue weighted by Crippen LogP contribution is 2.59. The van der Waals surface area contributed by atoms with Crippen LogP contribution in [0.3, 0.4) is 0 Å². The molecule has 0 spiro atoms. The summed E-state index contributed by atoms with van der Waals surface area (Å²) in [6.07, 6.45) is -1.99. The second-order valence-corrected chi connectivity index (χ2v) is 6.32. The molecule has 1 heterocycles. The summed E-state index contributed by atoms with van der Waals surface area (Å²) in [5.41, 5.74) is 0.668. The number of alkyl halides is 3. The third-order valence-corrected chi connectivity index (χ3v) is 5.17. The lowest BCUT2D eigenvalue weighted by Crippen LogP contribution is -2.34. The fourth-order valence-corrected chi connectivity index (χ4v) is 3.55. The van der Waals surface area contributed by atoms with E-state index in [4.69, 9.17) is 0 Å². The van der Waals surface area contributed by atoms with E-state index in [1.807, 2.05) is 0 Å². The lowest BCUT2D eigenvalue weighted by molar-refractivity contribution is -0.137. The number of hydrogen-bond acceptors (Lipinski definition) is 1. The number of hydrogen-bond donors (Lipinski definition) is 0. The summed E-state index contributed by atoms with van der Waals surface area (Å²) < 4.78 is 37.8. The predicted octanol–water partition coefficient (Wildman–Crippen LogP) is 4.08. The minimum Gasteiger partial charge on any atom is -0.299 e. The van der Waals surface area contributed by atoms with Gasteiger partial charge < -0.3 is 0 Å². The average Bonchev–Trinajstić information content (AvgIpc) is 2.99. The molecule has 1 aliphatic heterocycles. The number of halogens is 3. The standard InChI is InChI=1S/C16H20F3N/c1-3-11(2)20-9-14-8-15(14,10-20)12-4-6-13(7-5-12)16(17,18)19/h4-7,11,14H,3,8-10H2,1-2H3. The molecule has 0 radical (unpaired) electrons. The van der Waals surface area contributed by atoms with Crippen LogP contribution in [0.4, 0.5) is 13.2 Å². The molecule has 3 atom stereocenters. The van der Waals surface area contributed by atoms with Crippen molar-refractivity contribution in [1.29, 1.82) is 0 Å². The molecule has 3 rings (SSSR count). The minimum absolute atomic E-state index is 0.132. The molecule has 110 valence electrons. The van der Waals surface area contributed by atoms with E-state index in [2.05, 4.69) is 18.7 Å². The van der Waals surface area contributed by atoms with Gasteiger partial charge in [0.1, 0.15) is 0 Å². The first-order valence-electron chi connectivity index (χ1n) is 7.28. The van der Waals surface area contributed by atoms with Gasteiger partial charge in [-0.2, -0.15) is 13.2 Å². The first-order chi connectivity index (χ1) is 9.37. The van der Waals surface area contributed by atoms with E-state index >= 15 is 0 Å². The van der Waals surface area contributed by atoms with Gasteiger partial charge in [-0.05, 0) is 43.4 Å². The first-order valence-corrected chi connectivity index (χ1v) is 7.28. The molecule has 1 aliphatic carbocycles. The number of likely N-dealkylation sites (tertiary alicyclic amines) is 1. The van der Waals surface area contributed by atoms with Crippen molar-refractivity contribution in [2.75, 3.05) is 13.1 Å². The molecule has 2 fully saturated rings. The second-order valence-electron chi connectivity index (χ2n) is 6.32. The molecule has 3 unspecified atom stereocenters. The van der Waals surface area contributed by atoms with E-state index in [0.29, 0.717) is 12.0 Å². The molecule has 1 saturated heterocycles. The fourth-order valence-electron chi connectivity index (χ4n) is 3.55. The summed E-state index contributed by atoms with van der Waals surface area (Å²) in [5.74, 6) is 0.633. The Bertz CT molecular complexity index is 493. The van der Waals surface area contributed by atoms with Crippen LogP contribution in [0.1, 0.15) is 37.8 Å². The van der Waals surface area contributed by atoms with Gasteiger partial charge in [0.25, 0.3) is 0 Å². The van der Waals surface area contributed by atoms with Crippen LogP contribution in [-0.2, 0) is 11.6 Å². The summed E-state index contributed by atoms with van der Waals surface area (Å²) in [7, 11) is 0. The third-order valence-electron chi connectivity index (χ3n) is 5.17. The zero-order valence-electron chi connectivity index (χ0n) is 11.9. The molecule has 1 nitrogen and oxygen atoms in total. The van der Waals surface area contributed by atoms with Gasteiger partial charge in [0, 0.05) is 24.5 Å². The Labute approximate surface area is 117 Å². The molecule has 2 aliphatic rings. The van der Waals surface area contributed by atoms with Crippen molar-refractivity contribution in [2.45, 2.75) is 44.3 Å². The van der Waals surface area contributed by atoms with Gasteiger partial charge in [-0.25, -0.2) is 0 Å². The van der Waals surface area contributed by atoms with Crippen molar-refractivity contribution < 1.29 is 13.2 Å². The summed E-state index contributed by atoms with van der Waals surface area (Å²) in [6.45, 7) is 6.50. The van der Waals surface area contributed by atoms with Crippen molar-refractivity contribution in [3.05, 3.63) is 35.4 Å². The Morgan fingerprint density at radius 1 is 1.30 bits per heavy atom. The Balaban J connectivity index is 1.78. The quantitative estimate of drug-likeness (QED) is 0.808. The van der Waals surface area contributed by atoms with Gasteiger partial charge in [-0.3, -0.25) is 4.90 Å². The van der Waals surface area contributed by atoms with Crippen LogP contribution < -0.4 is 0 Å². The zero-order chi connectivity index (χ0) is 14.5. The lowest BCUT2D eigenvalue weighted by Gasteiger charge is -2.26. The third kappa shape index (κ3) is 2.14. The van der Waals surface area contributed by atoms with Crippen molar-refractivity contribution in [3.63, 3.8) is 0 Å². The van der Waals surface area contributed by atoms with E-state index < -0.39 is 11.7 Å². The highest BCUT2D eigenvalue weighted by atomic mass is 19.4. The number of fused-ring (bicyclic) bond motifs is 1. The number of nitrogens with zero attached hydrogens (tertiary/aromatic N) is 1. The molecule has 1 aromatic rings. The normalized spacial score (nSPS) is 31.1. The fraction of sp³-hybridized carbons (Fsp3) is 0.625. The van der Waals surface area contributed by atoms with Gasteiger partial charge in [-0.15, -0.1) is 0 Å². The molecule has 20 heavy (non-hydrogen) atoms. The predicted molar refractivity (Wildman–Crippen MR) is 72.6 cm³/mol. The summed E-state index contributed by atoms with van der Waals surface area (Å²) in [6, 6.07) is 6.39. The number of rotatable bonds is 3. The maximum Gasteiger partial charge on any atom is 0.416 e. The van der Waals surface area contributed by atoms with E-state index in [1.54, 1.807) is 12.1 Å². The van der Waals surface area contributed by atoms with Gasteiger partial charge in [0.15, 0.2) is 0 Å². The van der Waals surface area contributed by atoms with Gasteiger partial charge in [0.05, 0.1) is 5.56 Å². The smallest absolute Gasteiger partial charge is 0.299 e. The first kappa shape index (κ1) is 13.9. The van der Waals surface area contributed by atoms with E-state index in [1.165, 1.54) is 12.1 Å². The molecule has 4 heteroatoms. The summed E-state index contributed by atoms with van der Waals surface area (Å²) in [4.78, 5) is 2.48. The topological polar surface area (TPSA) is 3.24 Å². The molecular weight excluding hydrogens is 263 g/mol. The minimum atomic E-state index is -4.24. The average molecular weight is 283 g/mol. The number of piperidine rings is 1. The zero-order valence-corrected chi connectivity index (χ0v) is 11.9. The van der Waals surface area contributed by atoms with Crippen LogP contribution in [0.2, 0.25) is 0 Å².